The highest BCUT2D eigenvalue weighted by Gasteiger charge is 2.69. The monoisotopic (exact) mass is 440 g/mol. The SMILES string of the molecule is CC(C)(C)OC(=O)N[C@]1(C(F)(F)F)C(=O)Nc2c1c(=O)[nH]c(=O)n2Cc1ccccc1. The zero-order valence-electron chi connectivity index (χ0n) is 16.7. The second-order valence-corrected chi connectivity index (χ2v) is 7.88. The first-order valence-corrected chi connectivity index (χ1v) is 9.07. The molecule has 1 atom stereocenters. The normalized spacial score (nSPS) is 18.3. The van der Waals surface area contributed by atoms with Crippen LogP contribution >= 0.6 is 0 Å². The number of ether oxygens (including phenoxy) is 1. The van der Waals surface area contributed by atoms with Gasteiger partial charge in [-0.3, -0.25) is 24.5 Å². The van der Waals surface area contributed by atoms with E-state index in [9.17, 15) is 32.3 Å². The molecule has 2 amide bonds. The van der Waals surface area contributed by atoms with Crippen LogP contribution in [0.15, 0.2) is 39.9 Å². The number of alkyl carbamates (subject to hydrolysis) is 1. The number of alkyl halides is 3. The van der Waals surface area contributed by atoms with Gasteiger partial charge in [0.1, 0.15) is 17.0 Å². The number of aromatic amines is 1. The lowest BCUT2D eigenvalue weighted by atomic mass is 9.92. The number of rotatable bonds is 3. The number of hydrogen-bond acceptors (Lipinski definition) is 5. The first-order valence-electron chi connectivity index (χ1n) is 9.07. The van der Waals surface area contributed by atoms with E-state index in [1.54, 1.807) is 35.3 Å². The molecule has 9 nitrogen and oxygen atoms in total. The van der Waals surface area contributed by atoms with Crippen LogP contribution in [-0.4, -0.2) is 33.3 Å². The van der Waals surface area contributed by atoms with Crippen LogP contribution in [0.2, 0.25) is 0 Å². The molecule has 0 fully saturated rings. The number of halogens is 3. The zero-order chi connectivity index (χ0) is 23.2. The maximum atomic E-state index is 14.2. The maximum Gasteiger partial charge on any atom is 0.425 e. The Morgan fingerprint density at radius 2 is 1.74 bits per heavy atom. The molecule has 1 aromatic carbocycles. The molecule has 0 saturated heterocycles. The Morgan fingerprint density at radius 3 is 2.29 bits per heavy atom. The Kier molecular flexibility index (Phi) is 5.20. The minimum Gasteiger partial charge on any atom is -0.444 e. The number of amides is 2. The molecule has 3 N–H and O–H groups in total. The van der Waals surface area contributed by atoms with Gasteiger partial charge in [-0.2, -0.15) is 13.2 Å². The first-order chi connectivity index (χ1) is 14.3. The lowest BCUT2D eigenvalue weighted by Crippen LogP contribution is -2.62. The van der Waals surface area contributed by atoms with Gasteiger partial charge < -0.3 is 10.1 Å². The quantitative estimate of drug-likeness (QED) is 0.672. The van der Waals surface area contributed by atoms with Crippen LogP contribution < -0.4 is 21.9 Å². The molecule has 2 aromatic rings. The molecule has 0 aliphatic carbocycles. The molecule has 0 bridgehead atoms. The van der Waals surface area contributed by atoms with Crippen LogP contribution in [0, 0.1) is 0 Å². The van der Waals surface area contributed by atoms with Crippen molar-refractivity contribution < 1.29 is 27.5 Å². The third-order valence-electron chi connectivity index (χ3n) is 4.44. The lowest BCUT2D eigenvalue weighted by Gasteiger charge is -2.31. The predicted octanol–water partition coefficient (Wildman–Crippen LogP) is 1.82. The van der Waals surface area contributed by atoms with E-state index in [0.717, 1.165) is 4.57 Å². The molecule has 0 saturated carbocycles. The Bertz CT molecular complexity index is 1150. The highest BCUT2D eigenvalue weighted by Crippen LogP contribution is 2.45. The number of aromatic nitrogens is 2. The molecule has 1 aromatic heterocycles. The summed E-state index contributed by atoms with van der Waals surface area (Å²) in [6.45, 7) is 4.01. The van der Waals surface area contributed by atoms with Gasteiger partial charge in [-0.15, -0.1) is 0 Å². The summed E-state index contributed by atoms with van der Waals surface area (Å²) < 4.78 is 48.3. The molecule has 12 heteroatoms. The number of carbonyl (C=O) groups is 2. The van der Waals surface area contributed by atoms with E-state index in [1.807, 2.05) is 5.32 Å². The Balaban J connectivity index is 2.21. The van der Waals surface area contributed by atoms with Crippen LogP contribution in [0.25, 0.3) is 0 Å². The predicted molar refractivity (Wildman–Crippen MR) is 103 cm³/mol. The number of carbonyl (C=O) groups excluding carboxylic acids is 2. The fourth-order valence-corrected chi connectivity index (χ4v) is 3.20. The number of anilines is 1. The number of H-pyrrole nitrogens is 1. The van der Waals surface area contributed by atoms with Gasteiger partial charge in [-0.05, 0) is 26.3 Å². The molecule has 1 aliphatic rings. The van der Waals surface area contributed by atoms with E-state index in [2.05, 4.69) is 0 Å². The van der Waals surface area contributed by atoms with Crippen molar-refractivity contribution in [1.29, 1.82) is 0 Å². The third kappa shape index (κ3) is 3.92. The topological polar surface area (TPSA) is 122 Å². The molecule has 0 spiro atoms. The van der Waals surface area contributed by atoms with Gasteiger partial charge in [-0.25, -0.2) is 9.59 Å². The molecule has 0 unspecified atom stereocenters. The number of hydrogen-bond donors (Lipinski definition) is 3. The van der Waals surface area contributed by atoms with E-state index >= 15 is 0 Å². The first kappa shape index (κ1) is 22.1. The van der Waals surface area contributed by atoms with Crippen LogP contribution in [-0.2, 0) is 21.6 Å². The van der Waals surface area contributed by atoms with Gasteiger partial charge in [0, 0.05) is 0 Å². The van der Waals surface area contributed by atoms with E-state index in [0.29, 0.717) is 5.56 Å². The van der Waals surface area contributed by atoms with Crippen molar-refractivity contribution in [2.24, 2.45) is 0 Å². The second-order valence-electron chi connectivity index (χ2n) is 7.88. The summed E-state index contributed by atoms with van der Waals surface area (Å²) >= 11 is 0. The van der Waals surface area contributed by atoms with Crippen LogP contribution in [0.3, 0.4) is 0 Å². The van der Waals surface area contributed by atoms with Crippen LogP contribution in [0.5, 0.6) is 0 Å². The number of nitrogens with zero attached hydrogens (tertiary/aromatic N) is 1. The molecular weight excluding hydrogens is 421 g/mol. The maximum absolute atomic E-state index is 14.2. The summed E-state index contributed by atoms with van der Waals surface area (Å²) in [5.41, 5.74) is -8.03. The van der Waals surface area contributed by atoms with E-state index in [-0.39, 0.29) is 6.54 Å². The van der Waals surface area contributed by atoms with Crippen molar-refractivity contribution in [3.05, 3.63) is 62.3 Å². The highest BCUT2D eigenvalue weighted by molar-refractivity contribution is 6.07. The average Bonchev–Trinajstić information content (AvgIpc) is 2.91. The summed E-state index contributed by atoms with van der Waals surface area (Å²) in [4.78, 5) is 51.4. The van der Waals surface area contributed by atoms with Crippen molar-refractivity contribution in [2.75, 3.05) is 5.32 Å². The molecular formula is C19H19F3N4O5. The average molecular weight is 440 g/mol. The zero-order valence-corrected chi connectivity index (χ0v) is 16.7. The molecule has 0 radical (unpaired) electrons. The Hall–Kier alpha value is -3.57. The Labute approximate surface area is 173 Å². The molecule has 166 valence electrons. The van der Waals surface area contributed by atoms with Gasteiger partial charge in [-0.1, -0.05) is 30.3 Å². The Morgan fingerprint density at radius 1 is 1.13 bits per heavy atom. The molecule has 2 heterocycles. The summed E-state index contributed by atoms with van der Waals surface area (Å²) in [6.07, 6.45) is -6.99. The largest absolute Gasteiger partial charge is 0.444 e. The number of benzene rings is 1. The summed E-state index contributed by atoms with van der Waals surface area (Å²) in [6, 6.07) is 8.21. The van der Waals surface area contributed by atoms with Crippen LogP contribution in [0.4, 0.5) is 23.8 Å². The van der Waals surface area contributed by atoms with Crippen molar-refractivity contribution in [2.45, 2.75) is 44.6 Å². The van der Waals surface area contributed by atoms with Crippen LogP contribution in [0.1, 0.15) is 31.9 Å². The van der Waals surface area contributed by atoms with Crippen molar-refractivity contribution in [1.82, 2.24) is 14.9 Å². The van der Waals surface area contributed by atoms with E-state index in [4.69, 9.17) is 4.74 Å². The smallest absolute Gasteiger partial charge is 0.425 e. The molecule has 1 aliphatic heterocycles. The minimum absolute atomic E-state index is 0.237. The van der Waals surface area contributed by atoms with Crippen molar-refractivity contribution in [3.8, 4) is 0 Å². The summed E-state index contributed by atoms with van der Waals surface area (Å²) in [5.74, 6) is -2.39. The van der Waals surface area contributed by atoms with Gasteiger partial charge in [0.2, 0.25) is 0 Å². The fourth-order valence-electron chi connectivity index (χ4n) is 3.20. The van der Waals surface area contributed by atoms with Crippen molar-refractivity contribution in [3.63, 3.8) is 0 Å². The third-order valence-corrected chi connectivity index (χ3v) is 4.44. The van der Waals surface area contributed by atoms with Gasteiger partial charge in [0.15, 0.2) is 0 Å². The van der Waals surface area contributed by atoms with Crippen molar-refractivity contribution >= 4 is 17.8 Å². The van der Waals surface area contributed by atoms with E-state index in [1.165, 1.54) is 26.1 Å². The summed E-state index contributed by atoms with van der Waals surface area (Å²) in [7, 11) is 0. The summed E-state index contributed by atoms with van der Waals surface area (Å²) in [5, 5.41) is 3.46. The molecule has 3 rings (SSSR count). The van der Waals surface area contributed by atoms with Gasteiger partial charge in [0.25, 0.3) is 17.0 Å². The van der Waals surface area contributed by atoms with Gasteiger partial charge >= 0.3 is 18.0 Å². The fraction of sp³-hybridized carbons (Fsp3) is 0.368. The van der Waals surface area contributed by atoms with Gasteiger partial charge in [0.05, 0.1) is 6.54 Å². The lowest BCUT2D eigenvalue weighted by molar-refractivity contribution is -0.198. The highest BCUT2D eigenvalue weighted by atomic mass is 19.4. The minimum atomic E-state index is -5.43. The van der Waals surface area contributed by atoms with E-state index < -0.39 is 51.9 Å². The molecule has 31 heavy (non-hydrogen) atoms. The number of nitrogens with one attached hydrogen (secondary N) is 3. The second kappa shape index (κ2) is 7.29. The standard InChI is InChI=1S/C19H19F3N4O5/c1-17(2,3)31-16(30)25-18(19(20,21)22)11-12(23-14(18)28)26(15(29)24-13(11)27)9-10-7-5-4-6-8-10/h4-8H,9H2,1-3H3,(H,23,28)(H,25,30)(H,24,27,29)/t18-/m0/s1. The number of fused-ring (bicyclic) bond motifs is 1.